The van der Waals surface area contributed by atoms with Gasteiger partial charge in [0.2, 0.25) is 0 Å². The number of hydrogen-bond acceptors (Lipinski definition) is 4. The molecule has 1 amide bonds. The first-order chi connectivity index (χ1) is 18.0. The molecule has 0 unspecified atom stereocenters. The molecule has 4 rings (SSSR count). The predicted octanol–water partition coefficient (Wildman–Crippen LogP) is 7.41. The quantitative estimate of drug-likeness (QED) is 0.207. The number of halogens is 1. The lowest BCUT2D eigenvalue weighted by molar-refractivity contribution is 0.0944. The van der Waals surface area contributed by atoms with Gasteiger partial charge < -0.3 is 5.32 Å². The number of aromatic nitrogens is 1. The Morgan fingerprint density at radius 3 is 2.14 bits per heavy atom. The highest BCUT2D eigenvalue weighted by atomic mass is 35.5. The monoisotopic (exact) mass is 531 g/mol. The summed E-state index contributed by atoms with van der Waals surface area (Å²) in [6, 6.07) is 29.4. The number of hydrogen-bond donors (Lipinski definition) is 1. The van der Waals surface area contributed by atoms with Crippen molar-refractivity contribution >= 4 is 28.8 Å². The Labute approximate surface area is 229 Å². The van der Waals surface area contributed by atoms with Crippen LogP contribution in [0.2, 0.25) is 5.02 Å². The Hall–Kier alpha value is -2.99. The van der Waals surface area contributed by atoms with Crippen molar-refractivity contribution in [2.24, 2.45) is 5.92 Å². The van der Waals surface area contributed by atoms with Crippen molar-refractivity contribution in [3.8, 4) is 0 Å². The number of carbonyl (C=O) groups excluding carboxylic acids is 1. The maximum absolute atomic E-state index is 12.5. The lowest BCUT2D eigenvalue weighted by Crippen LogP contribution is -2.28. The molecule has 0 radical (unpaired) electrons. The van der Waals surface area contributed by atoms with Crippen molar-refractivity contribution in [1.82, 2.24) is 15.2 Å². The maximum Gasteiger partial charge on any atom is 0.270 e. The van der Waals surface area contributed by atoms with Crippen LogP contribution in [0.15, 0.2) is 90.3 Å². The molecule has 4 aromatic rings. The molecule has 1 N–H and O–H groups in total. The van der Waals surface area contributed by atoms with Gasteiger partial charge in [-0.15, -0.1) is 11.3 Å². The third kappa shape index (κ3) is 8.26. The van der Waals surface area contributed by atoms with Crippen LogP contribution in [0.3, 0.4) is 0 Å². The zero-order valence-electron chi connectivity index (χ0n) is 21.4. The summed E-state index contributed by atoms with van der Waals surface area (Å²) in [6.45, 7) is 7.16. The number of benzene rings is 3. The lowest BCUT2D eigenvalue weighted by Gasteiger charge is -2.25. The van der Waals surface area contributed by atoms with Gasteiger partial charge >= 0.3 is 0 Å². The molecule has 37 heavy (non-hydrogen) atoms. The normalized spacial score (nSPS) is 11.4. The van der Waals surface area contributed by atoms with Gasteiger partial charge in [0, 0.05) is 29.4 Å². The topological polar surface area (TPSA) is 45.2 Å². The summed E-state index contributed by atoms with van der Waals surface area (Å²) in [5, 5.41) is 6.51. The van der Waals surface area contributed by atoms with Crippen LogP contribution in [0.5, 0.6) is 0 Å². The first-order valence-electron chi connectivity index (χ1n) is 12.8. The highest BCUT2D eigenvalue weighted by Gasteiger charge is 2.18. The van der Waals surface area contributed by atoms with E-state index in [1.165, 1.54) is 16.7 Å². The van der Waals surface area contributed by atoms with Crippen LogP contribution in [0.1, 0.15) is 58.4 Å². The van der Waals surface area contributed by atoms with Gasteiger partial charge in [-0.3, -0.25) is 9.69 Å². The number of carbonyl (C=O) groups is 1. The van der Waals surface area contributed by atoms with Crippen molar-refractivity contribution < 1.29 is 4.79 Å². The molecule has 1 aromatic heterocycles. The van der Waals surface area contributed by atoms with Gasteiger partial charge in [0.25, 0.3) is 5.91 Å². The van der Waals surface area contributed by atoms with Crippen molar-refractivity contribution in [2.75, 3.05) is 13.1 Å². The van der Waals surface area contributed by atoms with Crippen LogP contribution < -0.4 is 5.32 Å². The van der Waals surface area contributed by atoms with Crippen molar-refractivity contribution in [3.05, 3.63) is 123 Å². The highest BCUT2D eigenvalue weighted by Crippen LogP contribution is 2.29. The van der Waals surface area contributed by atoms with Gasteiger partial charge in [0.15, 0.2) is 0 Å². The molecule has 0 atom stereocenters. The minimum atomic E-state index is -0.103. The number of nitrogens with zero attached hydrogens (tertiary/aromatic N) is 2. The van der Waals surface area contributed by atoms with Crippen LogP contribution in [-0.2, 0) is 13.1 Å². The van der Waals surface area contributed by atoms with Gasteiger partial charge in [-0.25, -0.2) is 4.98 Å². The smallest absolute Gasteiger partial charge is 0.270 e. The van der Waals surface area contributed by atoms with Gasteiger partial charge in [-0.2, -0.15) is 0 Å². The summed E-state index contributed by atoms with van der Waals surface area (Å²) in [5.41, 5.74) is 4.34. The van der Waals surface area contributed by atoms with Gasteiger partial charge in [0.05, 0.1) is 6.54 Å². The van der Waals surface area contributed by atoms with E-state index < -0.39 is 0 Å². The second-order valence-corrected chi connectivity index (χ2v) is 11.1. The highest BCUT2D eigenvalue weighted by molar-refractivity contribution is 7.09. The molecular weight excluding hydrogens is 498 g/mol. The largest absolute Gasteiger partial charge is 0.350 e. The molecule has 192 valence electrons. The SMILES string of the molecule is CC(C)CNC(=O)c1csc(CN(CCC(c2ccccc2)c2ccccc2)Cc2ccc(Cl)cc2)n1. The minimum Gasteiger partial charge on any atom is -0.350 e. The average Bonchev–Trinajstić information content (AvgIpc) is 3.38. The van der Waals surface area contributed by atoms with E-state index in [2.05, 4.69) is 102 Å². The van der Waals surface area contributed by atoms with E-state index in [0.717, 1.165) is 29.5 Å². The minimum absolute atomic E-state index is 0.103. The van der Waals surface area contributed by atoms with Crippen LogP contribution >= 0.6 is 22.9 Å². The van der Waals surface area contributed by atoms with Gasteiger partial charge in [-0.05, 0) is 47.7 Å². The molecule has 0 fully saturated rings. The van der Waals surface area contributed by atoms with Crippen molar-refractivity contribution in [1.29, 1.82) is 0 Å². The molecule has 4 nitrogen and oxygen atoms in total. The summed E-state index contributed by atoms with van der Waals surface area (Å²) < 4.78 is 0. The molecule has 0 aliphatic carbocycles. The molecule has 0 saturated carbocycles. The zero-order chi connectivity index (χ0) is 26.0. The number of amides is 1. The molecule has 0 bridgehead atoms. The lowest BCUT2D eigenvalue weighted by atomic mass is 9.88. The fraction of sp³-hybridized carbons (Fsp3) is 0.290. The van der Waals surface area contributed by atoms with E-state index >= 15 is 0 Å². The molecule has 0 spiro atoms. The van der Waals surface area contributed by atoms with Gasteiger partial charge in [0.1, 0.15) is 10.7 Å². The average molecular weight is 532 g/mol. The van der Waals surface area contributed by atoms with Crippen LogP contribution in [-0.4, -0.2) is 28.9 Å². The Balaban J connectivity index is 1.51. The predicted molar refractivity (Wildman–Crippen MR) is 154 cm³/mol. The number of thiazole rings is 1. The third-order valence-corrected chi connectivity index (χ3v) is 7.36. The molecule has 0 aliphatic heterocycles. The van der Waals surface area contributed by atoms with Crippen molar-refractivity contribution in [3.63, 3.8) is 0 Å². The number of nitrogens with one attached hydrogen (secondary N) is 1. The van der Waals surface area contributed by atoms with E-state index in [0.29, 0.717) is 30.6 Å². The van der Waals surface area contributed by atoms with Crippen LogP contribution in [0.4, 0.5) is 0 Å². The zero-order valence-corrected chi connectivity index (χ0v) is 23.0. The summed E-state index contributed by atoms with van der Waals surface area (Å²) in [5.74, 6) is 0.594. The second-order valence-electron chi connectivity index (χ2n) is 9.73. The number of rotatable bonds is 12. The van der Waals surface area contributed by atoms with E-state index in [1.807, 2.05) is 17.5 Å². The van der Waals surface area contributed by atoms with E-state index in [4.69, 9.17) is 11.6 Å². The van der Waals surface area contributed by atoms with E-state index in [9.17, 15) is 4.79 Å². The molecule has 0 saturated heterocycles. The fourth-order valence-corrected chi connectivity index (χ4v) is 5.28. The molecule has 3 aromatic carbocycles. The first-order valence-corrected chi connectivity index (χ1v) is 14.0. The Bertz CT molecular complexity index is 1200. The maximum atomic E-state index is 12.5. The van der Waals surface area contributed by atoms with Crippen molar-refractivity contribution in [2.45, 2.75) is 39.3 Å². The Kier molecular flexibility index (Phi) is 9.89. The van der Waals surface area contributed by atoms with E-state index in [-0.39, 0.29) is 5.91 Å². The summed E-state index contributed by atoms with van der Waals surface area (Å²) in [6.07, 6.45) is 0.967. The molecule has 1 heterocycles. The second kappa shape index (κ2) is 13.5. The first kappa shape index (κ1) is 27.1. The van der Waals surface area contributed by atoms with Gasteiger partial charge in [-0.1, -0.05) is 98.2 Å². The van der Waals surface area contributed by atoms with Crippen LogP contribution in [0, 0.1) is 5.92 Å². The fourth-order valence-electron chi connectivity index (χ4n) is 4.34. The summed E-state index contributed by atoms with van der Waals surface area (Å²) in [4.78, 5) is 19.6. The Morgan fingerprint density at radius 1 is 0.919 bits per heavy atom. The van der Waals surface area contributed by atoms with E-state index in [1.54, 1.807) is 11.3 Å². The third-order valence-electron chi connectivity index (χ3n) is 6.27. The summed E-state index contributed by atoms with van der Waals surface area (Å²) >= 11 is 7.68. The Morgan fingerprint density at radius 2 is 1.54 bits per heavy atom. The molecular formula is C31H34ClN3OS. The standard InChI is InChI=1S/C31H34ClN3OS/c1-23(2)19-33-31(36)29-22-37-30(34-29)21-35(20-24-13-15-27(32)16-14-24)18-17-28(25-9-5-3-6-10-25)26-11-7-4-8-12-26/h3-16,22-23,28H,17-21H2,1-2H3,(H,33,36). The molecule has 6 heteroatoms. The molecule has 0 aliphatic rings. The van der Waals surface area contributed by atoms with Crippen LogP contribution in [0.25, 0.3) is 0 Å². The summed E-state index contributed by atoms with van der Waals surface area (Å²) in [7, 11) is 0.